The van der Waals surface area contributed by atoms with Crippen LogP contribution < -0.4 is 11.0 Å². The number of rotatable bonds is 2. The van der Waals surface area contributed by atoms with E-state index in [1.54, 1.807) is 0 Å². The van der Waals surface area contributed by atoms with E-state index in [0.29, 0.717) is 5.92 Å². The summed E-state index contributed by atoms with van der Waals surface area (Å²) in [7, 11) is 0. The highest BCUT2D eigenvalue weighted by atomic mass is 15.9. The second-order valence-corrected chi connectivity index (χ2v) is 2.61. The zero-order chi connectivity index (χ0) is 7.56. The van der Waals surface area contributed by atoms with E-state index in [4.69, 9.17) is 0 Å². The van der Waals surface area contributed by atoms with Gasteiger partial charge in [0.05, 0.1) is 0 Å². The summed E-state index contributed by atoms with van der Waals surface area (Å²) in [5.41, 5.74) is 5.96. The van der Waals surface area contributed by atoms with Gasteiger partial charge in [-0.3, -0.25) is 5.43 Å². The van der Waals surface area contributed by atoms with Crippen LogP contribution in [0.1, 0.15) is 20.8 Å². The van der Waals surface area contributed by atoms with Gasteiger partial charge in [-0.1, -0.05) is 13.8 Å². The van der Waals surface area contributed by atoms with Gasteiger partial charge in [-0.25, -0.2) is 5.53 Å². The normalized spacial score (nSPS) is 18.6. The Morgan fingerprint density at radius 2 is 2.30 bits per heavy atom. The number of hydrogen-bond acceptors (Lipinski definition) is 4. The molecular weight excluding hydrogens is 128 g/mol. The fraction of sp³-hybridized carbons (Fsp3) is 0.833. The summed E-state index contributed by atoms with van der Waals surface area (Å²) in [4.78, 5) is 0. The predicted molar refractivity (Wildman–Crippen MR) is 40.9 cm³/mol. The van der Waals surface area contributed by atoms with Crippen LogP contribution in [0.2, 0.25) is 0 Å². The first-order valence-corrected chi connectivity index (χ1v) is 3.61. The fourth-order valence-electron chi connectivity index (χ4n) is 0.710. The van der Waals surface area contributed by atoms with Gasteiger partial charge >= 0.3 is 0 Å². The molecule has 4 heteroatoms. The summed E-state index contributed by atoms with van der Waals surface area (Å²) in [5.74, 6) is 1.46. The van der Waals surface area contributed by atoms with E-state index in [1.807, 2.05) is 5.12 Å². The van der Waals surface area contributed by atoms with Crippen LogP contribution in [0.25, 0.3) is 0 Å². The molecule has 0 spiro atoms. The van der Waals surface area contributed by atoms with E-state index in [2.05, 4.69) is 36.8 Å². The van der Waals surface area contributed by atoms with Gasteiger partial charge in [0.2, 0.25) is 0 Å². The Hall–Kier alpha value is -0.770. The van der Waals surface area contributed by atoms with Gasteiger partial charge in [0, 0.05) is 12.5 Å². The van der Waals surface area contributed by atoms with Crippen molar-refractivity contribution in [3.8, 4) is 0 Å². The highest BCUT2D eigenvalue weighted by Crippen LogP contribution is 1.98. The molecule has 0 aromatic heterocycles. The topological polar surface area (TPSA) is 39.7 Å². The zero-order valence-corrected chi connectivity index (χ0v) is 6.68. The molecule has 1 heterocycles. The molecule has 58 valence electrons. The van der Waals surface area contributed by atoms with Crippen LogP contribution >= 0.6 is 0 Å². The molecule has 2 N–H and O–H groups in total. The first-order chi connectivity index (χ1) is 4.74. The van der Waals surface area contributed by atoms with Crippen molar-refractivity contribution in [3.63, 3.8) is 0 Å². The maximum Gasteiger partial charge on any atom is 0.142 e. The quantitative estimate of drug-likeness (QED) is 0.582. The van der Waals surface area contributed by atoms with Crippen LogP contribution in [-0.4, -0.2) is 17.5 Å². The first kappa shape index (κ1) is 7.34. The van der Waals surface area contributed by atoms with E-state index in [1.165, 1.54) is 0 Å². The Kier molecular flexibility index (Phi) is 2.11. The third kappa shape index (κ3) is 1.39. The standard InChI is InChI=1S/C6H14N4/c1-4-10-8-6(5(2)3)7-9-10/h5,9H,4H2,1-3H3,(H,7,8). The van der Waals surface area contributed by atoms with E-state index in [0.717, 1.165) is 12.4 Å². The van der Waals surface area contributed by atoms with E-state index < -0.39 is 0 Å². The summed E-state index contributed by atoms with van der Waals surface area (Å²) in [6.07, 6.45) is 0. The molecule has 1 aliphatic rings. The number of amidine groups is 1. The molecule has 0 amide bonds. The second kappa shape index (κ2) is 2.88. The number of hydrazone groups is 1. The Balaban J connectivity index is 2.39. The number of hydrogen-bond donors (Lipinski definition) is 2. The average molecular weight is 142 g/mol. The van der Waals surface area contributed by atoms with Gasteiger partial charge in [-0.15, -0.1) is 10.2 Å². The van der Waals surface area contributed by atoms with E-state index >= 15 is 0 Å². The number of nitrogens with one attached hydrogen (secondary N) is 2. The molecule has 4 nitrogen and oxygen atoms in total. The van der Waals surface area contributed by atoms with Gasteiger partial charge in [0.15, 0.2) is 0 Å². The fourth-order valence-corrected chi connectivity index (χ4v) is 0.710. The van der Waals surface area contributed by atoms with Crippen LogP contribution in [-0.2, 0) is 0 Å². The van der Waals surface area contributed by atoms with E-state index in [-0.39, 0.29) is 0 Å². The molecule has 0 bridgehead atoms. The van der Waals surface area contributed by atoms with Crippen molar-refractivity contribution >= 4 is 5.84 Å². The second-order valence-electron chi connectivity index (χ2n) is 2.61. The monoisotopic (exact) mass is 142 g/mol. The van der Waals surface area contributed by atoms with Crippen molar-refractivity contribution in [2.75, 3.05) is 6.54 Å². The summed E-state index contributed by atoms with van der Waals surface area (Å²) in [6, 6.07) is 0. The minimum atomic E-state index is 0.462. The third-order valence-electron chi connectivity index (χ3n) is 1.40. The average Bonchev–Trinajstić information content (AvgIpc) is 2.34. The van der Waals surface area contributed by atoms with Crippen LogP contribution in [0.3, 0.4) is 0 Å². The van der Waals surface area contributed by atoms with Crippen molar-refractivity contribution in [2.45, 2.75) is 20.8 Å². The Labute approximate surface area is 61.2 Å². The van der Waals surface area contributed by atoms with Crippen LogP contribution in [0.15, 0.2) is 5.10 Å². The van der Waals surface area contributed by atoms with Crippen molar-refractivity contribution in [1.82, 2.24) is 16.1 Å². The van der Waals surface area contributed by atoms with Gasteiger partial charge in [-0.2, -0.15) is 0 Å². The van der Waals surface area contributed by atoms with Crippen molar-refractivity contribution in [1.29, 1.82) is 0 Å². The Morgan fingerprint density at radius 3 is 2.60 bits per heavy atom. The van der Waals surface area contributed by atoms with Crippen molar-refractivity contribution < 1.29 is 0 Å². The molecule has 0 radical (unpaired) electrons. The van der Waals surface area contributed by atoms with Crippen LogP contribution in [0.5, 0.6) is 0 Å². The maximum absolute atomic E-state index is 4.07. The summed E-state index contributed by atoms with van der Waals surface area (Å²) >= 11 is 0. The summed E-state index contributed by atoms with van der Waals surface area (Å²) in [6.45, 7) is 7.16. The van der Waals surface area contributed by atoms with Gasteiger partial charge in [-0.05, 0) is 6.92 Å². The van der Waals surface area contributed by atoms with Gasteiger partial charge in [0.1, 0.15) is 5.84 Å². The van der Waals surface area contributed by atoms with Crippen molar-refractivity contribution in [2.24, 2.45) is 11.0 Å². The molecule has 0 unspecified atom stereocenters. The lowest BCUT2D eigenvalue weighted by Gasteiger charge is -2.13. The largest absolute Gasteiger partial charge is 0.286 e. The smallest absolute Gasteiger partial charge is 0.142 e. The molecular formula is C6H14N4. The molecule has 0 atom stereocenters. The van der Waals surface area contributed by atoms with Crippen LogP contribution in [0.4, 0.5) is 0 Å². The zero-order valence-electron chi connectivity index (χ0n) is 6.68. The number of hydrazine groups is 2. The third-order valence-corrected chi connectivity index (χ3v) is 1.40. The predicted octanol–water partition coefficient (Wildman–Crippen LogP) is 0.301. The molecule has 0 aliphatic carbocycles. The SMILES string of the molecule is CCN1NN=C(C(C)C)N1. The molecule has 0 saturated carbocycles. The molecule has 0 aromatic rings. The Morgan fingerprint density at radius 1 is 1.60 bits per heavy atom. The summed E-state index contributed by atoms with van der Waals surface area (Å²) < 4.78 is 0. The minimum Gasteiger partial charge on any atom is -0.286 e. The minimum absolute atomic E-state index is 0.462. The van der Waals surface area contributed by atoms with Crippen LogP contribution in [0, 0.1) is 5.92 Å². The molecule has 1 aliphatic heterocycles. The van der Waals surface area contributed by atoms with Crippen molar-refractivity contribution in [3.05, 3.63) is 0 Å². The molecule has 10 heavy (non-hydrogen) atoms. The lowest BCUT2D eigenvalue weighted by atomic mass is 10.2. The summed E-state index contributed by atoms with van der Waals surface area (Å²) in [5, 5.41) is 5.91. The van der Waals surface area contributed by atoms with Gasteiger partial charge < -0.3 is 0 Å². The number of nitrogens with zero attached hydrogens (tertiary/aromatic N) is 2. The lowest BCUT2D eigenvalue weighted by molar-refractivity contribution is 0.190. The molecule has 0 saturated heterocycles. The lowest BCUT2D eigenvalue weighted by Crippen LogP contribution is -2.42. The molecule has 1 rings (SSSR count). The van der Waals surface area contributed by atoms with E-state index in [9.17, 15) is 0 Å². The maximum atomic E-state index is 4.07. The Bertz CT molecular complexity index is 141. The highest BCUT2D eigenvalue weighted by Gasteiger charge is 2.14. The molecule has 0 aromatic carbocycles. The molecule has 0 fully saturated rings. The first-order valence-electron chi connectivity index (χ1n) is 3.61. The van der Waals surface area contributed by atoms with Gasteiger partial charge in [0.25, 0.3) is 0 Å². The highest BCUT2D eigenvalue weighted by molar-refractivity contribution is 5.84.